The van der Waals surface area contributed by atoms with Gasteiger partial charge in [-0.2, -0.15) is 0 Å². The van der Waals surface area contributed by atoms with Crippen LogP contribution in [-0.2, 0) is 4.74 Å². The van der Waals surface area contributed by atoms with Crippen LogP contribution >= 0.6 is 23.2 Å². The zero-order valence-electron chi connectivity index (χ0n) is 20.1. The van der Waals surface area contributed by atoms with E-state index in [0.717, 1.165) is 4.57 Å². The Morgan fingerprint density at radius 1 is 1.08 bits per heavy atom. The van der Waals surface area contributed by atoms with Crippen LogP contribution in [0.2, 0.25) is 10.0 Å². The van der Waals surface area contributed by atoms with Gasteiger partial charge in [0.1, 0.15) is 17.2 Å². The van der Waals surface area contributed by atoms with Crippen molar-refractivity contribution in [2.24, 2.45) is 0 Å². The van der Waals surface area contributed by atoms with E-state index >= 15 is 0 Å². The van der Waals surface area contributed by atoms with Crippen LogP contribution in [0, 0.1) is 0 Å². The van der Waals surface area contributed by atoms with Crippen molar-refractivity contribution in [1.29, 1.82) is 0 Å². The van der Waals surface area contributed by atoms with E-state index in [1.807, 2.05) is 0 Å². The third-order valence-electron chi connectivity index (χ3n) is 5.00. The van der Waals surface area contributed by atoms with Gasteiger partial charge in [0, 0.05) is 26.0 Å². The molecule has 36 heavy (non-hydrogen) atoms. The van der Waals surface area contributed by atoms with Crippen LogP contribution in [0.5, 0.6) is 5.75 Å². The molecule has 3 aromatic rings. The summed E-state index contributed by atoms with van der Waals surface area (Å²) in [6.07, 6.45) is 0.927. The lowest BCUT2D eigenvalue weighted by atomic mass is 9.97. The molecule has 0 saturated carbocycles. The summed E-state index contributed by atoms with van der Waals surface area (Å²) in [5, 5.41) is 10.1. The summed E-state index contributed by atoms with van der Waals surface area (Å²) in [7, 11) is 1.56. The summed E-state index contributed by atoms with van der Waals surface area (Å²) < 4.78 is 11.8. The minimum atomic E-state index is -1.21. The van der Waals surface area contributed by atoms with E-state index in [4.69, 9.17) is 32.7 Å². The summed E-state index contributed by atoms with van der Waals surface area (Å²) in [6.45, 7) is 5.35. The van der Waals surface area contributed by atoms with E-state index in [9.17, 15) is 19.5 Å². The second kappa shape index (κ2) is 11.0. The predicted molar refractivity (Wildman–Crippen MR) is 134 cm³/mol. The van der Waals surface area contributed by atoms with E-state index in [0.29, 0.717) is 10.6 Å². The van der Waals surface area contributed by atoms with Gasteiger partial charge in [0.05, 0.1) is 21.5 Å². The standard InChI is InChI=1S/C25H25Cl2N3O6/c1-25(2,3)36-24(34)29(4)14-18(21-28-11-12-30(21)23(32)33)15-5-8-17(9-6-15)35-22(31)16-7-10-19(26)20(27)13-16/h5-13,18H,14H2,1-4H3,(H,32,33). The summed E-state index contributed by atoms with van der Waals surface area (Å²) in [5.74, 6) is -0.758. The van der Waals surface area contributed by atoms with Gasteiger partial charge >= 0.3 is 18.2 Å². The number of rotatable bonds is 6. The van der Waals surface area contributed by atoms with Gasteiger partial charge in [-0.25, -0.2) is 23.9 Å². The highest BCUT2D eigenvalue weighted by molar-refractivity contribution is 6.42. The Morgan fingerprint density at radius 3 is 2.33 bits per heavy atom. The van der Waals surface area contributed by atoms with Crippen LogP contribution in [-0.4, -0.2) is 56.9 Å². The maximum absolute atomic E-state index is 12.6. The highest BCUT2D eigenvalue weighted by Gasteiger charge is 2.27. The van der Waals surface area contributed by atoms with Crippen molar-refractivity contribution in [3.63, 3.8) is 0 Å². The number of hydrogen-bond donors (Lipinski definition) is 1. The summed E-state index contributed by atoms with van der Waals surface area (Å²) >= 11 is 11.9. The maximum Gasteiger partial charge on any atom is 0.417 e. The number of halogens is 2. The lowest BCUT2D eigenvalue weighted by Gasteiger charge is -2.27. The Labute approximate surface area is 218 Å². The molecule has 190 valence electrons. The molecule has 1 aromatic heterocycles. The van der Waals surface area contributed by atoms with Gasteiger partial charge in [0.25, 0.3) is 0 Å². The fraction of sp³-hybridized carbons (Fsp3) is 0.280. The molecule has 0 saturated heterocycles. The molecular weight excluding hydrogens is 509 g/mol. The van der Waals surface area contributed by atoms with Crippen LogP contribution in [0.3, 0.4) is 0 Å². The topological polar surface area (TPSA) is 111 Å². The minimum Gasteiger partial charge on any atom is -0.464 e. The fourth-order valence-electron chi connectivity index (χ4n) is 3.32. The second-order valence-electron chi connectivity index (χ2n) is 8.94. The molecule has 1 amide bonds. The van der Waals surface area contributed by atoms with Gasteiger partial charge in [0.15, 0.2) is 0 Å². The maximum atomic E-state index is 12.6. The molecule has 1 heterocycles. The number of esters is 1. The highest BCUT2D eigenvalue weighted by Crippen LogP contribution is 2.28. The Hall–Kier alpha value is -3.56. The largest absolute Gasteiger partial charge is 0.464 e. The summed E-state index contributed by atoms with van der Waals surface area (Å²) in [6, 6.07) is 10.9. The molecular formula is C25H25Cl2N3O6. The molecule has 1 unspecified atom stereocenters. The first-order chi connectivity index (χ1) is 16.9. The minimum absolute atomic E-state index is 0.0849. The zero-order chi connectivity index (χ0) is 26.6. The monoisotopic (exact) mass is 533 g/mol. The molecule has 0 aliphatic heterocycles. The first-order valence-corrected chi connectivity index (χ1v) is 11.6. The number of nitrogens with zero attached hydrogens (tertiary/aromatic N) is 3. The lowest BCUT2D eigenvalue weighted by molar-refractivity contribution is 0.0292. The van der Waals surface area contributed by atoms with Crippen molar-refractivity contribution in [3.05, 3.63) is 81.9 Å². The molecule has 0 aliphatic rings. The van der Waals surface area contributed by atoms with E-state index in [1.165, 1.54) is 35.5 Å². The second-order valence-corrected chi connectivity index (χ2v) is 9.75. The van der Waals surface area contributed by atoms with Crippen molar-refractivity contribution >= 4 is 41.4 Å². The molecule has 11 heteroatoms. The average Bonchev–Trinajstić information content (AvgIpc) is 3.28. The van der Waals surface area contributed by atoms with Crippen molar-refractivity contribution in [3.8, 4) is 5.75 Å². The molecule has 3 rings (SSSR count). The smallest absolute Gasteiger partial charge is 0.417 e. The van der Waals surface area contributed by atoms with E-state index in [-0.39, 0.29) is 28.7 Å². The van der Waals surface area contributed by atoms with Gasteiger partial charge < -0.3 is 19.5 Å². The Kier molecular flexibility index (Phi) is 8.27. The van der Waals surface area contributed by atoms with Crippen LogP contribution in [0.1, 0.15) is 48.4 Å². The SMILES string of the molecule is CN(CC(c1ccc(OC(=O)c2ccc(Cl)c(Cl)c2)cc1)c1nccn1C(=O)O)C(=O)OC(C)(C)C. The van der Waals surface area contributed by atoms with Crippen LogP contribution in [0.4, 0.5) is 9.59 Å². The van der Waals surface area contributed by atoms with Crippen molar-refractivity contribution in [2.45, 2.75) is 32.3 Å². The quantitative estimate of drug-likeness (QED) is 0.308. The zero-order valence-corrected chi connectivity index (χ0v) is 21.6. The molecule has 0 spiro atoms. The molecule has 0 aliphatic carbocycles. The number of hydrogen-bond acceptors (Lipinski definition) is 6. The van der Waals surface area contributed by atoms with E-state index in [2.05, 4.69) is 4.98 Å². The van der Waals surface area contributed by atoms with Crippen molar-refractivity contribution in [2.75, 3.05) is 13.6 Å². The number of ether oxygens (including phenoxy) is 2. The van der Waals surface area contributed by atoms with E-state index < -0.39 is 29.7 Å². The van der Waals surface area contributed by atoms with Gasteiger partial charge in [-0.3, -0.25) is 0 Å². The fourth-order valence-corrected chi connectivity index (χ4v) is 3.61. The molecule has 0 bridgehead atoms. The average molecular weight is 534 g/mol. The highest BCUT2D eigenvalue weighted by atomic mass is 35.5. The molecule has 1 N–H and O–H groups in total. The van der Waals surface area contributed by atoms with Crippen LogP contribution in [0.15, 0.2) is 54.9 Å². The Bertz CT molecular complexity index is 1270. The third-order valence-corrected chi connectivity index (χ3v) is 5.74. The lowest BCUT2D eigenvalue weighted by Crippen LogP contribution is -2.37. The third kappa shape index (κ3) is 6.77. The first-order valence-electron chi connectivity index (χ1n) is 10.8. The normalized spacial score (nSPS) is 12.1. The van der Waals surface area contributed by atoms with Crippen LogP contribution < -0.4 is 4.74 Å². The molecule has 0 radical (unpaired) electrons. The molecule has 9 nitrogen and oxygen atoms in total. The summed E-state index contributed by atoms with van der Waals surface area (Å²) in [5.41, 5.74) is 0.183. The van der Waals surface area contributed by atoms with Crippen molar-refractivity contribution < 1.29 is 29.0 Å². The number of carbonyl (C=O) groups excluding carboxylic acids is 2. The number of carbonyl (C=O) groups is 3. The van der Waals surface area contributed by atoms with Crippen LogP contribution in [0.25, 0.3) is 0 Å². The van der Waals surface area contributed by atoms with Gasteiger partial charge in [-0.15, -0.1) is 0 Å². The van der Waals surface area contributed by atoms with E-state index in [1.54, 1.807) is 52.1 Å². The number of carboxylic acid groups (broad SMARTS) is 1. The first kappa shape index (κ1) is 27.0. The molecule has 0 fully saturated rings. The molecule has 1 atom stereocenters. The van der Waals surface area contributed by atoms with Crippen molar-refractivity contribution in [1.82, 2.24) is 14.5 Å². The number of aromatic nitrogens is 2. The number of benzene rings is 2. The number of likely N-dealkylation sites (N-methyl/N-ethyl adjacent to an activating group) is 1. The summed E-state index contributed by atoms with van der Waals surface area (Å²) in [4.78, 5) is 42.3. The number of imidazole rings is 1. The Balaban J connectivity index is 1.85. The predicted octanol–water partition coefficient (Wildman–Crippen LogP) is 5.93. The Morgan fingerprint density at radius 2 is 1.75 bits per heavy atom. The molecule has 2 aromatic carbocycles. The van der Waals surface area contributed by atoms with Gasteiger partial charge in [-0.05, 0) is 56.7 Å². The van der Waals surface area contributed by atoms with Gasteiger partial charge in [-0.1, -0.05) is 35.3 Å². The van der Waals surface area contributed by atoms with Gasteiger partial charge in [0.2, 0.25) is 0 Å². The number of amides is 1.